The van der Waals surface area contributed by atoms with E-state index in [9.17, 15) is 5.11 Å². The minimum atomic E-state index is -0.218. The van der Waals surface area contributed by atoms with Crippen LogP contribution in [0.1, 0.15) is 17.7 Å². The number of anilines is 2. The lowest BCUT2D eigenvalue weighted by molar-refractivity contribution is 0.145. The molecular formula is C11H15N3O2S. The molecule has 1 aliphatic rings. The van der Waals surface area contributed by atoms with Crippen LogP contribution in [0.15, 0.2) is 0 Å². The van der Waals surface area contributed by atoms with E-state index in [1.54, 1.807) is 7.11 Å². The van der Waals surface area contributed by atoms with Gasteiger partial charge in [-0.15, -0.1) is 11.3 Å². The van der Waals surface area contributed by atoms with Gasteiger partial charge in [0.05, 0.1) is 13.2 Å². The number of methoxy groups -OCH3 is 1. The molecule has 0 unspecified atom stereocenters. The molecule has 2 heterocycles. The van der Waals surface area contributed by atoms with Gasteiger partial charge in [-0.25, -0.2) is 0 Å². The first-order valence-corrected chi connectivity index (χ1v) is 6.28. The largest absolute Gasteiger partial charge is 0.492 e. The van der Waals surface area contributed by atoms with E-state index in [1.807, 2.05) is 0 Å². The number of thiophene rings is 1. The number of piperidine rings is 1. The molecule has 1 saturated heterocycles. The number of ether oxygens (including phenoxy) is 1. The summed E-state index contributed by atoms with van der Waals surface area (Å²) in [7, 11) is 1.56. The first-order chi connectivity index (χ1) is 8.17. The Kier molecular flexibility index (Phi) is 3.41. The maximum absolute atomic E-state index is 9.47. The second kappa shape index (κ2) is 4.82. The summed E-state index contributed by atoms with van der Waals surface area (Å²) in [5.74, 6) is 0.586. The molecule has 3 N–H and O–H groups in total. The summed E-state index contributed by atoms with van der Waals surface area (Å²) in [5.41, 5.74) is 6.26. The standard InChI is InChI=1S/C11H15N3O2S/c1-16-10-9(13)8(6-12)17-11(10)14-4-2-7(15)3-5-14/h7,15H,2-5,13H2,1H3. The molecule has 0 bridgehead atoms. The second-order valence-electron chi connectivity index (χ2n) is 4.01. The highest BCUT2D eigenvalue weighted by molar-refractivity contribution is 7.17. The maximum atomic E-state index is 9.47. The van der Waals surface area contributed by atoms with Crippen LogP contribution in [0.4, 0.5) is 10.7 Å². The van der Waals surface area contributed by atoms with E-state index in [-0.39, 0.29) is 6.10 Å². The quantitative estimate of drug-likeness (QED) is 0.826. The van der Waals surface area contributed by atoms with Crippen molar-refractivity contribution in [1.29, 1.82) is 5.26 Å². The number of nitriles is 1. The van der Waals surface area contributed by atoms with E-state index in [1.165, 1.54) is 11.3 Å². The summed E-state index contributed by atoms with van der Waals surface area (Å²) < 4.78 is 5.27. The predicted octanol–water partition coefficient (Wildman–Crippen LogP) is 1.17. The smallest absolute Gasteiger partial charge is 0.177 e. The lowest BCUT2D eigenvalue weighted by Crippen LogP contribution is -2.35. The van der Waals surface area contributed by atoms with Crippen molar-refractivity contribution in [1.82, 2.24) is 0 Å². The first kappa shape index (κ1) is 12.0. The molecule has 1 aromatic rings. The molecule has 1 fully saturated rings. The topological polar surface area (TPSA) is 82.5 Å². The zero-order valence-electron chi connectivity index (χ0n) is 9.64. The van der Waals surface area contributed by atoms with Crippen molar-refractivity contribution < 1.29 is 9.84 Å². The van der Waals surface area contributed by atoms with Gasteiger partial charge in [-0.1, -0.05) is 0 Å². The lowest BCUT2D eigenvalue weighted by Gasteiger charge is -2.30. The fourth-order valence-corrected chi connectivity index (χ4v) is 3.01. The van der Waals surface area contributed by atoms with Crippen LogP contribution in [0.3, 0.4) is 0 Å². The molecule has 0 radical (unpaired) electrons. The van der Waals surface area contributed by atoms with Gasteiger partial charge in [-0.3, -0.25) is 0 Å². The normalized spacial score (nSPS) is 16.9. The van der Waals surface area contributed by atoms with Gasteiger partial charge in [0.2, 0.25) is 0 Å². The van der Waals surface area contributed by atoms with Crippen molar-refractivity contribution in [3.63, 3.8) is 0 Å². The fourth-order valence-electron chi connectivity index (χ4n) is 1.97. The zero-order chi connectivity index (χ0) is 12.4. The van der Waals surface area contributed by atoms with Crippen LogP contribution in [0.2, 0.25) is 0 Å². The molecule has 0 atom stereocenters. The van der Waals surface area contributed by atoms with Gasteiger partial charge in [0.15, 0.2) is 5.75 Å². The Bertz CT molecular complexity index is 444. The van der Waals surface area contributed by atoms with Gasteiger partial charge in [-0.2, -0.15) is 5.26 Å². The van der Waals surface area contributed by atoms with Crippen molar-refractivity contribution in [3.05, 3.63) is 4.88 Å². The highest BCUT2D eigenvalue weighted by atomic mass is 32.1. The monoisotopic (exact) mass is 253 g/mol. The number of nitrogens with two attached hydrogens (primary N) is 1. The molecule has 1 aromatic heterocycles. The summed E-state index contributed by atoms with van der Waals surface area (Å²) in [6, 6.07) is 2.08. The second-order valence-corrected chi connectivity index (χ2v) is 5.01. The molecule has 17 heavy (non-hydrogen) atoms. The van der Waals surface area contributed by atoms with Crippen LogP contribution in [-0.2, 0) is 0 Å². The van der Waals surface area contributed by atoms with E-state index < -0.39 is 0 Å². The van der Waals surface area contributed by atoms with Gasteiger partial charge in [0, 0.05) is 13.1 Å². The number of nitrogen functional groups attached to an aromatic ring is 1. The Balaban J connectivity index is 2.29. The molecule has 0 spiro atoms. The minimum absolute atomic E-state index is 0.218. The van der Waals surface area contributed by atoms with Crippen molar-refractivity contribution in [3.8, 4) is 11.8 Å². The van der Waals surface area contributed by atoms with Gasteiger partial charge in [0.1, 0.15) is 21.6 Å². The van der Waals surface area contributed by atoms with Crippen molar-refractivity contribution in [2.45, 2.75) is 18.9 Å². The molecule has 6 heteroatoms. The Morgan fingerprint density at radius 1 is 1.53 bits per heavy atom. The third-order valence-corrected chi connectivity index (χ3v) is 4.09. The Morgan fingerprint density at radius 2 is 2.18 bits per heavy atom. The Labute approximate surface area is 104 Å². The van der Waals surface area contributed by atoms with Gasteiger partial charge in [0.25, 0.3) is 0 Å². The highest BCUT2D eigenvalue weighted by Crippen LogP contribution is 2.44. The van der Waals surface area contributed by atoms with Crippen LogP contribution < -0.4 is 15.4 Å². The molecule has 2 rings (SSSR count). The fraction of sp³-hybridized carbons (Fsp3) is 0.545. The number of nitrogens with zero attached hydrogens (tertiary/aromatic N) is 2. The number of aliphatic hydroxyl groups is 1. The number of rotatable bonds is 2. The minimum Gasteiger partial charge on any atom is -0.492 e. The molecule has 0 amide bonds. The van der Waals surface area contributed by atoms with Gasteiger partial charge < -0.3 is 20.5 Å². The van der Waals surface area contributed by atoms with Crippen LogP contribution in [0.5, 0.6) is 5.75 Å². The molecule has 0 saturated carbocycles. The average molecular weight is 253 g/mol. The van der Waals surface area contributed by atoms with Crippen molar-refractivity contribution in [2.75, 3.05) is 30.8 Å². The van der Waals surface area contributed by atoms with E-state index in [4.69, 9.17) is 15.7 Å². The molecule has 1 aliphatic heterocycles. The molecule has 5 nitrogen and oxygen atoms in total. The predicted molar refractivity (Wildman–Crippen MR) is 67.5 cm³/mol. The third kappa shape index (κ3) is 2.16. The molecule has 0 aliphatic carbocycles. The number of aliphatic hydroxyl groups excluding tert-OH is 1. The van der Waals surface area contributed by atoms with Gasteiger partial charge in [-0.05, 0) is 12.8 Å². The van der Waals surface area contributed by atoms with Gasteiger partial charge >= 0.3 is 0 Å². The van der Waals surface area contributed by atoms with E-state index in [0.717, 1.165) is 30.9 Å². The zero-order valence-corrected chi connectivity index (χ0v) is 10.5. The Morgan fingerprint density at radius 3 is 2.71 bits per heavy atom. The van der Waals surface area contributed by atoms with Crippen LogP contribution >= 0.6 is 11.3 Å². The molecule has 92 valence electrons. The number of hydrogen-bond acceptors (Lipinski definition) is 6. The van der Waals surface area contributed by atoms with Crippen LogP contribution in [-0.4, -0.2) is 31.4 Å². The highest BCUT2D eigenvalue weighted by Gasteiger charge is 2.25. The summed E-state index contributed by atoms with van der Waals surface area (Å²) in [5, 5.41) is 19.3. The third-order valence-electron chi connectivity index (χ3n) is 2.94. The summed E-state index contributed by atoms with van der Waals surface area (Å²) in [4.78, 5) is 2.61. The van der Waals surface area contributed by atoms with Crippen molar-refractivity contribution in [2.24, 2.45) is 0 Å². The van der Waals surface area contributed by atoms with Crippen LogP contribution in [0, 0.1) is 11.3 Å². The molecular weight excluding hydrogens is 238 g/mol. The van der Waals surface area contributed by atoms with E-state index in [2.05, 4.69) is 11.0 Å². The number of hydrogen-bond donors (Lipinski definition) is 2. The first-order valence-electron chi connectivity index (χ1n) is 5.46. The summed E-state index contributed by atoms with van der Waals surface area (Å²) in [6.07, 6.45) is 1.26. The lowest BCUT2D eigenvalue weighted by atomic mass is 10.1. The average Bonchev–Trinajstić information content (AvgIpc) is 2.66. The molecule has 0 aromatic carbocycles. The van der Waals surface area contributed by atoms with Crippen molar-refractivity contribution >= 4 is 22.0 Å². The van der Waals surface area contributed by atoms with E-state index in [0.29, 0.717) is 16.3 Å². The summed E-state index contributed by atoms with van der Waals surface area (Å²) in [6.45, 7) is 1.53. The SMILES string of the molecule is COc1c(N2CCC(O)CC2)sc(C#N)c1N. The van der Waals surface area contributed by atoms with E-state index >= 15 is 0 Å². The maximum Gasteiger partial charge on any atom is 0.177 e. The Hall–Kier alpha value is -1.45. The van der Waals surface area contributed by atoms with Crippen LogP contribution in [0.25, 0.3) is 0 Å². The summed E-state index contributed by atoms with van der Waals surface area (Å²) >= 11 is 1.35.